The molecule has 1 amide bonds. The largest absolute Gasteiger partial charge is 0.349 e. The van der Waals surface area contributed by atoms with Gasteiger partial charge in [0.15, 0.2) is 0 Å². The molecule has 0 aliphatic heterocycles. The summed E-state index contributed by atoms with van der Waals surface area (Å²) in [5.74, 6) is -0.0776. The molecule has 0 saturated heterocycles. The third kappa shape index (κ3) is 4.23. The molecule has 1 aliphatic rings. The van der Waals surface area contributed by atoms with Crippen molar-refractivity contribution in [3.05, 3.63) is 62.0 Å². The van der Waals surface area contributed by atoms with Crippen molar-refractivity contribution in [2.45, 2.75) is 58.0 Å². The van der Waals surface area contributed by atoms with E-state index in [1.807, 2.05) is 31.2 Å². The molecule has 2 heterocycles. The highest BCUT2D eigenvalue weighted by atomic mass is 35.5. The molecule has 2 aromatic heterocycles. The molecule has 29 heavy (non-hydrogen) atoms. The summed E-state index contributed by atoms with van der Waals surface area (Å²) in [4.78, 5) is 32.1. The van der Waals surface area contributed by atoms with Crippen LogP contribution in [0, 0.1) is 0 Å². The van der Waals surface area contributed by atoms with Crippen molar-refractivity contribution in [3.63, 3.8) is 0 Å². The van der Waals surface area contributed by atoms with Gasteiger partial charge in [-0.15, -0.1) is 11.3 Å². The van der Waals surface area contributed by atoms with Crippen LogP contribution in [-0.4, -0.2) is 15.5 Å². The van der Waals surface area contributed by atoms with Crippen LogP contribution in [0.4, 0.5) is 0 Å². The Balaban J connectivity index is 1.46. The molecule has 7 heteroatoms. The fourth-order valence-corrected chi connectivity index (χ4v) is 5.29. The van der Waals surface area contributed by atoms with E-state index in [1.165, 1.54) is 16.9 Å². The fraction of sp³-hybridized carbons (Fsp3) is 0.409. The van der Waals surface area contributed by atoms with Gasteiger partial charge in [0, 0.05) is 22.9 Å². The summed E-state index contributed by atoms with van der Waals surface area (Å²) in [7, 11) is 0. The number of amides is 1. The summed E-state index contributed by atoms with van der Waals surface area (Å²) in [6, 6.07) is 7.44. The van der Waals surface area contributed by atoms with E-state index in [0.717, 1.165) is 41.5 Å². The predicted molar refractivity (Wildman–Crippen MR) is 118 cm³/mol. The number of aromatic nitrogens is 2. The average Bonchev–Trinajstić information content (AvgIpc) is 3.11. The number of carbonyl (C=O) groups is 1. The number of aryl methyl sites for hydroxylation is 3. The van der Waals surface area contributed by atoms with Gasteiger partial charge in [0.25, 0.3) is 5.56 Å². The van der Waals surface area contributed by atoms with Crippen LogP contribution in [0.5, 0.6) is 0 Å². The van der Waals surface area contributed by atoms with Gasteiger partial charge in [0.2, 0.25) is 5.91 Å². The van der Waals surface area contributed by atoms with Gasteiger partial charge in [-0.05, 0) is 55.4 Å². The van der Waals surface area contributed by atoms with E-state index >= 15 is 0 Å². The molecule has 4 rings (SSSR count). The maximum absolute atomic E-state index is 13.0. The lowest BCUT2D eigenvalue weighted by molar-refractivity contribution is -0.122. The fourth-order valence-electron chi connectivity index (χ4n) is 3.95. The van der Waals surface area contributed by atoms with Gasteiger partial charge in [0.05, 0.1) is 17.8 Å². The zero-order valence-corrected chi connectivity index (χ0v) is 18.0. The minimum absolute atomic E-state index is 0.0213. The SMILES string of the molecule is CC[C@H](NC(=O)CCn1cnc2sc3c(c2c1=O)CCCC3)c1ccc(Cl)cc1. The van der Waals surface area contributed by atoms with Crippen LogP contribution in [0.2, 0.25) is 5.02 Å². The second-order valence-corrected chi connectivity index (χ2v) is 8.98. The summed E-state index contributed by atoms with van der Waals surface area (Å²) in [5, 5.41) is 4.50. The first-order chi connectivity index (χ1) is 14.1. The highest BCUT2D eigenvalue weighted by molar-refractivity contribution is 7.18. The Morgan fingerprint density at radius 2 is 2.03 bits per heavy atom. The first kappa shape index (κ1) is 20.1. The second kappa shape index (κ2) is 8.67. The Kier molecular flexibility index (Phi) is 6.01. The molecule has 0 bridgehead atoms. The monoisotopic (exact) mass is 429 g/mol. The van der Waals surface area contributed by atoms with Crippen LogP contribution in [0.15, 0.2) is 35.4 Å². The highest BCUT2D eigenvalue weighted by Crippen LogP contribution is 2.33. The third-order valence-electron chi connectivity index (χ3n) is 5.54. The van der Waals surface area contributed by atoms with E-state index in [9.17, 15) is 9.59 Å². The molecular formula is C22H24ClN3O2S. The molecule has 152 valence electrons. The Morgan fingerprint density at radius 3 is 2.79 bits per heavy atom. The molecule has 0 saturated carbocycles. The van der Waals surface area contributed by atoms with Crippen molar-refractivity contribution < 1.29 is 4.79 Å². The van der Waals surface area contributed by atoms with Crippen molar-refractivity contribution in [1.82, 2.24) is 14.9 Å². The lowest BCUT2D eigenvalue weighted by atomic mass is 9.97. The van der Waals surface area contributed by atoms with Gasteiger partial charge < -0.3 is 5.32 Å². The lowest BCUT2D eigenvalue weighted by Gasteiger charge is -2.18. The standard InChI is InChI=1S/C22H24ClN3O2S/c1-2-17(14-7-9-15(23)10-8-14)25-19(27)11-12-26-13-24-21-20(22(26)28)16-5-3-4-6-18(16)29-21/h7-10,13,17H,2-6,11-12H2,1H3,(H,25,27)/t17-/m0/s1. The quantitative estimate of drug-likeness (QED) is 0.620. The average molecular weight is 430 g/mol. The van der Waals surface area contributed by atoms with Crippen LogP contribution < -0.4 is 10.9 Å². The number of fused-ring (bicyclic) bond motifs is 3. The van der Waals surface area contributed by atoms with Crippen LogP contribution in [0.1, 0.15) is 54.7 Å². The van der Waals surface area contributed by atoms with Gasteiger partial charge in [0.1, 0.15) is 4.83 Å². The Hall–Kier alpha value is -2.18. The highest BCUT2D eigenvalue weighted by Gasteiger charge is 2.20. The number of thiophene rings is 1. The summed E-state index contributed by atoms with van der Waals surface area (Å²) in [6.45, 7) is 2.36. The zero-order chi connectivity index (χ0) is 20.4. The van der Waals surface area contributed by atoms with Crippen molar-refractivity contribution in [2.75, 3.05) is 0 Å². The number of nitrogens with zero attached hydrogens (tertiary/aromatic N) is 2. The number of carbonyl (C=O) groups excluding carboxylic acids is 1. The van der Waals surface area contributed by atoms with Gasteiger partial charge in [-0.2, -0.15) is 0 Å². The number of rotatable bonds is 6. The molecule has 1 aliphatic carbocycles. The number of halogens is 1. The van der Waals surface area contributed by atoms with E-state index in [-0.39, 0.29) is 23.9 Å². The molecule has 0 radical (unpaired) electrons. The van der Waals surface area contributed by atoms with Gasteiger partial charge in [-0.1, -0.05) is 30.7 Å². The molecule has 1 atom stereocenters. The Bertz CT molecular complexity index is 1090. The molecule has 0 fully saturated rings. The molecule has 3 aromatic rings. The van der Waals surface area contributed by atoms with E-state index in [0.29, 0.717) is 11.6 Å². The van der Waals surface area contributed by atoms with Gasteiger partial charge in [-0.3, -0.25) is 14.2 Å². The normalized spacial score (nSPS) is 14.6. The summed E-state index contributed by atoms with van der Waals surface area (Å²) >= 11 is 7.59. The second-order valence-electron chi connectivity index (χ2n) is 7.46. The smallest absolute Gasteiger partial charge is 0.262 e. The molecule has 1 aromatic carbocycles. The maximum Gasteiger partial charge on any atom is 0.262 e. The predicted octanol–water partition coefficient (Wildman–Crippen LogP) is 4.65. The van der Waals surface area contributed by atoms with E-state index in [2.05, 4.69) is 10.3 Å². The van der Waals surface area contributed by atoms with Gasteiger partial charge in [-0.25, -0.2) is 4.98 Å². The Morgan fingerprint density at radius 1 is 1.28 bits per heavy atom. The van der Waals surface area contributed by atoms with Crippen LogP contribution in [0.3, 0.4) is 0 Å². The molecule has 0 unspecified atom stereocenters. The summed E-state index contributed by atoms with van der Waals surface area (Å²) in [6.07, 6.45) is 6.90. The van der Waals surface area contributed by atoms with E-state index in [4.69, 9.17) is 11.6 Å². The van der Waals surface area contributed by atoms with Crippen molar-refractivity contribution in [1.29, 1.82) is 0 Å². The van der Waals surface area contributed by atoms with Crippen molar-refractivity contribution in [3.8, 4) is 0 Å². The number of hydrogen-bond acceptors (Lipinski definition) is 4. The van der Waals surface area contributed by atoms with Gasteiger partial charge >= 0.3 is 0 Å². The van der Waals surface area contributed by atoms with Crippen LogP contribution in [0.25, 0.3) is 10.2 Å². The Labute approximate surface area is 178 Å². The topological polar surface area (TPSA) is 64.0 Å². The molecular weight excluding hydrogens is 406 g/mol. The molecule has 1 N–H and O–H groups in total. The van der Waals surface area contributed by atoms with Crippen LogP contribution >= 0.6 is 22.9 Å². The first-order valence-corrected chi connectivity index (χ1v) is 11.3. The molecule has 0 spiro atoms. The zero-order valence-electron chi connectivity index (χ0n) is 16.4. The minimum atomic E-state index is -0.0776. The minimum Gasteiger partial charge on any atom is -0.349 e. The first-order valence-electron chi connectivity index (χ1n) is 10.1. The van der Waals surface area contributed by atoms with Crippen LogP contribution in [-0.2, 0) is 24.2 Å². The number of nitrogens with one attached hydrogen (secondary N) is 1. The maximum atomic E-state index is 13.0. The van der Waals surface area contributed by atoms with Crippen molar-refractivity contribution in [2.24, 2.45) is 0 Å². The number of benzene rings is 1. The summed E-state index contributed by atoms with van der Waals surface area (Å²) < 4.78 is 1.58. The van der Waals surface area contributed by atoms with Crippen molar-refractivity contribution >= 4 is 39.1 Å². The third-order valence-corrected chi connectivity index (χ3v) is 6.99. The molecule has 5 nitrogen and oxygen atoms in total. The van der Waals surface area contributed by atoms with E-state index in [1.54, 1.807) is 22.2 Å². The summed E-state index contributed by atoms with van der Waals surface area (Å²) in [5.41, 5.74) is 2.18. The lowest BCUT2D eigenvalue weighted by Crippen LogP contribution is -2.30. The number of hydrogen-bond donors (Lipinski definition) is 1. The van der Waals surface area contributed by atoms with E-state index < -0.39 is 0 Å².